The van der Waals surface area contributed by atoms with Gasteiger partial charge in [0.25, 0.3) is 5.91 Å². The zero-order chi connectivity index (χ0) is 25.2. The van der Waals surface area contributed by atoms with E-state index in [9.17, 15) is 9.59 Å². The highest BCUT2D eigenvalue weighted by molar-refractivity contribution is 6.04. The molecule has 1 saturated heterocycles. The number of nitrogens with one attached hydrogen (secondary N) is 1. The SMILES string of the molecule is C=CC(=O)N1CCCC1c1nc(-c2ccc(C(=O)Nc3cc(CC)ccn3)cc2)c2c(C)nccn12. The Morgan fingerprint density at radius 2 is 1.97 bits per heavy atom. The second kappa shape index (κ2) is 9.73. The van der Waals surface area contributed by atoms with Crippen LogP contribution in [0.25, 0.3) is 16.8 Å². The number of carbonyl (C=O) groups excluding carboxylic acids is 2. The zero-order valence-electron chi connectivity index (χ0n) is 20.4. The summed E-state index contributed by atoms with van der Waals surface area (Å²) in [6, 6.07) is 11.0. The van der Waals surface area contributed by atoms with Gasteiger partial charge in [0.15, 0.2) is 0 Å². The number of pyridine rings is 1. The van der Waals surface area contributed by atoms with Crippen LogP contribution in [0.3, 0.4) is 0 Å². The quantitative estimate of drug-likeness (QED) is 0.402. The smallest absolute Gasteiger partial charge is 0.256 e. The molecule has 1 aliphatic rings. The van der Waals surface area contributed by atoms with Gasteiger partial charge >= 0.3 is 0 Å². The summed E-state index contributed by atoms with van der Waals surface area (Å²) in [5.41, 5.74) is 5.02. The van der Waals surface area contributed by atoms with Crippen molar-refractivity contribution in [3.8, 4) is 11.3 Å². The molecule has 4 heterocycles. The first-order valence-corrected chi connectivity index (χ1v) is 12.1. The number of imidazole rings is 1. The lowest BCUT2D eigenvalue weighted by atomic mass is 10.1. The summed E-state index contributed by atoms with van der Waals surface area (Å²) in [4.78, 5) is 40.8. The molecule has 0 bridgehead atoms. The molecule has 0 spiro atoms. The Morgan fingerprint density at radius 3 is 2.72 bits per heavy atom. The van der Waals surface area contributed by atoms with Gasteiger partial charge < -0.3 is 10.2 Å². The molecule has 4 aromatic rings. The van der Waals surface area contributed by atoms with Crippen LogP contribution in [0.5, 0.6) is 0 Å². The van der Waals surface area contributed by atoms with Gasteiger partial charge in [-0.05, 0) is 62.1 Å². The molecule has 2 amide bonds. The molecule has 1 atom stereocenters. The Kier molecular flexibility index (Phi) is 6.33. The average Bonchev–Trinajstić information content (AvgIpc) is 3.54. The van der Waals surface area contributed by atoms with Crippen LogP contribution in [0.4, 0.5) is 5.82 Å². The number of hydrogen-bond acceptors (Lipinski definition) is 5. The van der Waals surface area contributed by atoms with E-state index in [2.05, 4.69) is 28.8 Å². The topological polar surface area (TPSA) is 92.5 Å². The van der Waals surface area contributed by atoms with Crippen molar-refractivity contribution in [2.45, 2.75) is 39.2 Å². The molecule has 0 saturated carbocycles. The molecular weight excluding hydrogens is 452 g/mol. The maximum atomic E-state index is 12.8. The van der Waals surface area contributed by atoms with E-state index in [4.69, 9.17) is 4.98 Å². The highest BCUT2D eigenvalue weighted by Gasteiger charge is 2.33. The maximum absolute atomic E-state index is 12.8. The average molecular weight is 481 g/mol. The summed E-state index contributed by atoms with van der Waals surface area (Å²) < 4.78 is 2.03. The zero-order valence-corrected chi connectivity index (χ0v) is 20.4. The lowest BCUT2D eigenvalue weighted by Crippen LogP contribution is -2.29. The summed E-state index contributed by atoms with van der Waals surface area (Å²) in [7, 11) is 0. The Hall–Kier alpha value is -4.33. The lowest BCUT2D eigenvalue weighted by Gasteiger charge is -2.22. The number of aromatic nitrogens is 4. The Morgan fingerprint density at radius 1 is 1.17 bits per heavy atom. The molecule has 36 heavy (non-hydrogen) atoms. The van der Waals surface area contributed by atoms with Crippen molar-refractivity contribution in [2.24, 2.45) is 0 Å². The minimum Gasteiger partial charge on any atom is -0.329 e. The highest BCUT2D eigenvalue weighted by Crippen LogP contribution is 2.36. The first-order chi connectivity index (χ1) is 17.5. The van der Waals surface area contributed by atoms with Crippen molar-refractivity contribution in [1.82, 2.24) is 24.3 Å². The van der Waals surface area contributed by atoms with Gasteiger partial charge in [0.2, 0.25) is 5.91 Å². The molecule has 8 heteroatoms. The Bertz CT molecular complexity index is 1460. The molecule has 1 fully saturated rings. The highest BCUT2D eigenvalue weighted by atomic mass is 16.2. The third kappa shape index (κ3) is 4.26. The van der Waals surface area contributed by atoms with Crippen LogP contribution in [0.2, 0.25) is 0 Å². The van der Waals surface area contributed by atoms with Gasteiger partial charge in [-0.2, -0.15) is 0 Å². The van der Waals surface area contributed by atoms with Crippen molar-refractivity contribution < 1.29 is 9.59 Å². The van der Waals surface area contributed by atoms with Crippen molar-refractivity contribution in [3.63, 3.8) is 0 Å². The van der Waals surface area contributed by atoms with E-state index in [1.54, 1.807) is 24.5 Å². The van der Waals surface area contributed by atoms with Crippen LogP contribution < -0.4 is 5.32 Å². The van der Waals surface area contributed by atoms with Crippen LogP contribution in [0.15, 0.2) is 67.6 Å². The Labute approximate surface area is 209 Å². The molecule has 1 aromatic carbocycles. The number of carbonyl (C=O) groups is 2. The fourth-order valence-electron chi connectivity index (χ4n) is 4.80. The standard InChI is InChI=1S/C28H28N6O2/c1-4-19-12-13-30-23(17-19)31-28(36)21-10-8-20(9-11-21)25-26-18(3)29-14-16-34(26)27(32-25)22-7-6-15-33(22)24(35)5-2/h5,8-14,16-17,22H,2,4,6-7,15H2,1,3H3,(H,30,31,36). The summed E-state index contributed by atoms with van der Waals surface area (Å²) >= 11 is 0. The van der Waals surface area contributed by atoms with Gasteiger partial charge in [-0.1, -0.05) is 25.6 Å². The van der Waals surface area contributed by atoms with Crippen LogP contribution >= 0.6 is 0 Å². The summed E-state index contributed by atoms with van der Waals surface area (Å²) in [5.74, 6) is 1.03. The van der Waals surface area contributed by atoms with Crippen LogP contribution in [0.1, 0.15) is 53.2 Å². The van der Waals surface area contributed by atoms with E-state index >= 15 is 0 Å². The number of fused-ring (bicyclic) bond motifs is 1. The van der Waals surface area contributed by atoms with Crippen LogP contribution in [-0.4, -0.2) is 42.6 Å². The van der Waals surface area contributed by atoms with Crippen molar-refractivity contribution in [2.75, 3.05) is 11.9 Å². The Balaban J connectivity index is 1.48. The van der Waals surface area contributed by atoms with E-state index in [-0.39, 0.29) is 17.9 Å². The maximum Gasteiger partial charge on any atom is 0.256 e. The molecule has 5 rings (SSSR count). The van der Waals surface area contributed by atoms with Gasteiger partial charge in [-0.3, -0.25) is 19.0 Å². The van der Waals surface area contributed by atoms with E-state index in [0.29, 0.717) is 17.9 Å². The molecule has 8 nitrogen and oxygen atoms in total. The minimum absolute atomic E-state index is 0.0871. The fraction of sp³-hybridized carbons (Fsp3) is 0.250. The van der Waals surface area contributed by atoms with E-state index < -0.39 is 0 Å². The molecule has 0 aliphatic carbocycles. The van der Waals surface area contributed by atoms with Gasteiger partial charge in [-0.25, -0.2) is 9.97 Å². The summed E-state index contributed by atoms with van der Waals surface area (Å²) in [6.45, 7) is 8.35. The second-order valence-corrected chi connectivity index (χ2v) is 8.88. The second-order valence-electron chi connectivity index (χ2n) is 8.88. The predicted octanol–water partition coefficient (Wildman–Crippen LogP) is 4.76. The van der Waals surface area contributed by atoms with E-state index in [1.807, 2.05) is 46.7 Å². The summed E-state index contributed by atoms with van der Waals surface area (Å²) in [5, 5.41) is 2.87. The summed E-state index contributed by atoms with van der Waals surface area (Å²) in [6.07, 6.45) is 9.33. The normalized spacial score (nSPS) is 15.3. The number of likely N-dealkylation sites (tertiary alicyclic amines) is 1. The first kappa shape index (κ1) is 23.4. The first-order valence-electron chi connectivity index (χ1n) is 12.1. The largest absolute Gasteiger partial charge is 0.329 e. The molecule has 1 unspecified atom stereocenters. The van der Waals surface area contributed by atoms with E-state index in [1.165, 1.54) is 6.08 Å². The van der Waals surface area contributed by atoms with Crippen LogP contribution in [-0.2, 0) is 11.2 Å². The number of hydrogen-bond donors (Lipinski definition) is 1. The number of amides is 2. The molecular formula is C28H28N6O2. The number of anilines is 1. The van der Waals surface area contributed by atoms with Crippen molar-refractivity contribution in [3.05, 3.63) is 90.3 Å². The monoisotopic (exact) mass is 480 g/mol. The third-order valence-corrected chi connectivity index (χ3v) is 6.67. The van der Waals surface area contributed by atoms with Gasteiger partial charge in [0.05, 0.1) is 22.9 Å². The number of nitrogens with zero attached hydrogens (tertiary/aromatic N) is 5. The van der Waals surface area contributed by atoms with Gasteiger partial charge in [-0.15, -0.1) is 0 Å². The number of aryl methyl sites for hydroxylation is 2. The van der Waals surface area contributed by atoms with E-state index in [0.717, 1.165) is 53.1 Å². The third-order valence-electron chi connectivity index (χ3n) is 6.67. The van der Waals surface area contributed by atoms with Gasteiger partial charge in [0, 0.05) is 36.3 Å². The van der Waals surface area contributed by atoms with Gasteiger partial charge in [0.1, 0.15) is 11.6 Å². The van der Waals surface area contributed by atoms with Crippen molar-refractivity contribution >= 4 is 23.1 Å². The molecule has 0 radical (unpaired) electrons. The number of rotatable bonds is 6. The lowest BCUT2D eigenvalue weighted by molar-refractivity contribution is -0.127. The number of benzene rings is 1. The van der Waals surface area contributed by atoms with Crippen LogP contribution in [0, 0.1) is 6.92 Å². The van der Waals surface area contributed by atoms with Crippen molar-refractivity contribution in [1.29, 1.82) is 0 Å². The molecule has 3 aromatic heterocycles. The molecule has 1 aliphatic heterocycles. The fourth-order valence-corrected chi connectivity index (χ4v) is 4.80. The molecule has 1 N–H and O–H groups in total. The predicted molar refractivity (Wildman–Crippen MR) is 139 cm³/mol. The minimum atomic E-state index is -0.222. The molecule has 182 valence electrons.